The zero-order chi connectivity index (χ0) is 15.1. The summed E-state index contributed by atoms with van der Waals surface area (Å²) in [4.78, 5) is 24.1. The molecule has 3 amide bonds. The molecule has 0 fully saturated rings. The predicted molar refractivity (Wildman–Crippen MR) is 74.2 cm³/mol. The fourth-order valence-corrected chi connectivity index (χ4v) is 1.57. The zero-order valence-electron chi connectivity index (χ0n) is 12.4. The maximum Gasteiger partial charge on any atom is 0.317 e. The van der Waals surface area contributed by atoms with Gasteiger partial charge in [0.05, 0.1) is 6.54 Å². The molecule has 0 aliphatic rings. The van der Waals surface area contributed by atoms with Crippen LogP contribution in [0.4, 0.5) is 4.79 Å². The number of nitrogens with zero attached hydrogens (tertiary/aromatic N) is 4. The summed E-state index contributed by atoms with van der Waals surface area (Å²) in [6, 6.07) is -0.00483. The Morgan fingerprint density at radius 2 is 2.05 bits per heavy atom. The van der Waals surface area contributed by atoms with Crippen molar-refractivity contribution in [3.63, 3.8) is 0 Å². The molecule has 0 aromatic carbocycles. The number of hydrogen-bond acceptors (Lipinski definition) is 4. The van der Waals surface area contributed by atoms with Gasteiger partial charge >= 0.3 is 6.03 Å². The molecule has 0 bridgehead atoms. The average molecular weight is 282 g/mol. The fourth-order valence-electron chi connectivity index (χ4n) is 1.57. The Morgan fingerprint density at radius 1 is 1.35 bits per heavy atom. The van der Waals surface area contributed by atoms with E-state index in [2.05, 4.69) is 20.8 Å². The van der Waals surface area contributed by atoms with Gasteiger partial charge in [0.2, 0.25) is 5.91 Å². The second-order valence-corrected chi connectivity index (χ2v) is 4.90. The van der Waals surface area contributed by atoms with Gasteiger partial charge in [-0.1, -0.05) is 0 Å². The molecule has 1 aromatic heterocycles. The van der Waals surface area contributed by atoms with Gasteiger partial charge in [-0.15, -0.1) is 10.2 Å². The van der Waals surface area contributed by atoms with Gasteiger partial charge in [-0.2, -0.15) is 0 Å². The SMILES string of the molecule is CC(C)n1cnnc1CCNC(=O)CNC(=O)N(C)C. The van der Waals surface area contributed by atoms with Crippen LogP contribution in [0.5, 0.6) is 0 Å². The molecule has 1 heterocycles. The maximum atomic E-state index is 11.5. The van der Waals surface area contributed by atoms with Gasteiger partial charge in [0.15, 0.2) is 0 Å². The highest BCUT2D eigenvalue weighted by Gasteiger charge is 2.09. The summed E-state index contributed by atoms with van der Waals surface area (Å²) in [6.07, 6.45) is 2.28. The molecule has 1 aromatic rings. The summed E-state index contributed by atoms with van der Waals surface area (Å²) in [5.41, 5.74) is 0. The Bertz CT molecular complexity index is 455. The topological polar surface area (TPSA) is 92.1 Å². The molecule has 0 unspecified atom stereocenters. The van der Waals surface area contributed by atoms with E-state index < -0.39 is 0 Å². The van der Waals surface area contributed by atoms with Crippen molar-refractivity contribution in [2.24, 2.45) is 0 Å². The van der Waals surface area contributed by atoms with Crippen LogP contribution >= 0.6 is 0 Å². The summed E-state index contributed by atoms with van der Waals surface area (Å²) in [6.45, 7) is 4.51. The van der Waals surface area contributed by atoms with E-state index in [0.717, 1.165) is 5.82 Å². The molecule has 0 saturated carbocycles. The number of nitrogens with one attached hydrogen (secondary N) is 2. The van der Waals surface area contributed by atoms with E-state index >= 15 is 0 Å². The van der Waals surface area contributed by atoms with Crippen LogP contribution in [0, 0.1) is 0 Å². The Morgan fingerprint density at radius 3 is 2.65 bits per heavy atom. The van der Waals surface area contributed by atoms with Crippen LogP contribution in [0.2, 0.25) is 0 Å². The molecular formula is C12H22N6O2. The van der Waals surface area contributed by atoms with Crippen molar-refractivity contribution in [1.82, 2.24) is 30.3 Å². The first-order valence-electron chi connectivity index (χ1n) is 6.52. The molecule has 20 heavy (non-hydrogen) atoms. The number of hydrogen-bond donors (Lipinski definition) is 2. The highest BCUT2D eigenvalue weighted by atomic mass is 16.2. The zero-order valence-corrected chi connectivity index (χ0v) is 12.4. The largest absolute Gasteiger partial charge is 0.354 e. The number of aromatic nitrogens is 3. The van der Waals surface area contributed by atoms with Crippen molar-refractivity contribution < 1.29 is 9.59 Å². The second kappa shape index (κ2) is 7.46. The number of carbonyl (C=O) groups is 2. The number of rotatable bonds is 6. The number of urea groups is 1. The molecule has 0 saturated heterocycles. The third-order valence-corrected chi connectivity index (χ3v) is 2.68. The van der Waals surface area contributed by atoms with Gasteiger partial charge < -0.3 is 20.1 Å². The molecule has 8 nitrogen and oxygen atoms in total. The Balaban J connectivity index is 2.28. The molecule has 8 heteroatoms. The maximum absolute atomic E-state index is 11.5. The van der Waals surface area contributed by atoms with Crippen LogP contribution in [-0.2, 0) is 11.2 Å². The Hall–Kier alpha value is -2.12. The van der Waals surface area contributed by atoms with Gasteiger partial charge in [0.25, 0.3) is 0 Å². The van der Waals surface area contributed by atoms with Crippen LogP contribution in [0.25, 0.3) is 0 Å². The van der Waals surface area contributed by atoms with E-state index in [0.29, 0.717) is 13.0 Å². The molecule has 0 atom stereocenters. The summed E-state index contributed by atoms with van der Waals surface area (Å²) in [5, 5.41) is 13.1. The molecule has 0 spiro atoms. The van der Waals surface area contributed by atoms with Crippen molar-refractivity contribution in [1.29, 1.82) is 0 Å². The number of amides is 3. The highest BCUT2D eigenvalue weighted by Crippen LogP contribution is 2.06. The van der Waals surface area contributed by atoms with Gasteiger partial charge in [-0.3, -0.25) is 4.79 Å². The highest BCUT2D eigenvalue weighted by molar-refractivity contribution is 5.83. The van der Waals surface area contributed by atoms with Crippen LogP contribution in [0.1, 0.15) is 25.7 Å². The van der Waals surface area contributed by atoms with E-state index in [1.807, 2.05) is 18.4 Å². The molecule has 2 N–H and O–H groups in total. The normalized spacial score (nSPS) is 10.4. The average Bonchev–Trinajstić information content (AvgIpc) is 2.84. The third-order valence-electron chi connectivity index (χ3n) is 2.68. The summed E-state index contributed by atoms with van der Waals surface area (Å²) in [7, 11) is 3.23. The van der Waals surface area contributed by atoms with Crippen molar-refractivity contribution in [2.75, 3.05) is 27.2 Å². The summed E-state index contributed by atoms with van der Waals surface area (Å²) in [5.74, 6) is 0.605. The second-order valence-electron chi connectivity index (χ2n) is 4.90. The van der Waals surface area contributed by atoms with Crippen LogP contribution < -0.4 is 10.6 Å². The van der Waals surface area contributed by atoms with E-state index in [1.54, 1.807) is 20.4 Å². The molecule has 0 aliphatic heterocycles. The minimum atomic E-state index is -0.292. The van der Waals surface area contributed by atoms with Crippen molar-refractivity contribution >= 4 is 11.9 Å². The van der Waals surface area contributed by atoms with Gasteiger partial charge in [-0.05, 0) is 13.8 Å². The van der Waals surface area contributed by atoms with Crippen molar-refractivity contribution in [3.05, 3.63) is 12.2 Å². The van der Waals surface area contributed by atoms with Crippen LogP contribution in [0.15, 0.2) is 6.33 Å². The third kappa shape index (κ3) is 4.87. The van der Waals surface area contributed by atoms with Crippen molar-refractivity contribution in [2.45, 2.75) is 26.3 Å². The summed E-state index contributed by atoms with van der Waals surface area (Å²) >= 11 is 0. The molecule has 0 radical (unpaired) electrons. The fraction of sp³-hybridized carbons (Fsp3) is 0.667. The van der Waals surface area contributed by atoms with E-state index in [-0.39, 0.29) is 24.5 Å². The number of carbonyl (C=O) groups excluding carboxylic acids is 2. The molecule has 0 aliphatic carbocycles. The van der Waals surface area contributed by atoms with Crippen LogP contribution in [-0.4, -0.2) is 58.8 Å². The molecule has 112 valence electrons. The van der Waals surface area contributed by atoms with E-state index in [4.69, 9.17) is 0 Å². The lowest BCUT2D eigenvalue weighted by atomic mass is 10.3. The van der Waals surface area contributed by atoms with Crippen LogP contribution in [0.3, 0.4) is 0 Å². The molecular weight excluding hydrogens is 260 g/mol. The first-order valence-corrected chi connectivity index (χ1v) is 6.52. The van der Waals surface area contributed by atoms with Crippen molar-refractivity contribution in [3.8, 4) is 0 Å². The predicted octanol–water partition coefficient (Wildman–Crippen LogP) is -0.211. The monoisotopic (exact) mass is 282 g/mol. The smallest absolute Gasteiger partial charge is 0.317 e. The minimum absolute atomic E-state index is 0.0338. The lowest BCUT2D eigenvalue weighted by Crippen LogP contribution is -2.41. The molecule has 1 rings (SSSR count). The summed E-state index contributed by atoms with van der Waals surface area (Å²) < 4.78 is 1.96. The first kappa shape index (κ1) is 15.9. The quantitative estimate of drug-likeness (QED) is 0.755. The van der Waals surface area contributed by atoms with Gasteiger partial charge in [-0.25, -0.2) is 4.79 Å². The van der Waals surface area contributed by atoms with Gasteiger partial charge in [0, 0.05) is 33.1 Å². The lowest BCUT2D eigenvalue weighted by molar-refractivity contribution is -0.120. The van der Waals surface area contributed by atoms with E-state index in [9.17, 15) is 9.59 Å². The van der Waals surface area contributed by atoms with E-state index in [1.165, 1.54) is 4.90 Å². The first-order chi connectivity index (χ1) is 9.41. The minimum Gasteiger partial charge on any atom is -0.354 e. The Labute approximate surface area is 118 Å². The van der Waals surface area contributed by atoms with Gasteiger partial charge in [0.1, 0.15) is 12.2 Å². The standard InChI is InChI=1S/C12H22N6O2/c1-9(2)18-8-15-16-10(18)5-6-13-11(19)7-14-12(20)17(3)4/h8-9H,5-7H2,1-4H3,(H,13,19)(H,14,20). The Kier molecular flexibility index (Phi) is 5.95. The lowest BCUT2D eigenvalue weighted by Gasteiger charge is -2.12.